The summed E-state index contributed by atoms with van der Waals surface area (Å²) in [6, 6.07) is 0. The van der Waals surface area contributed by atoms with E-state index in [0.29, 0.717) is 0 Å². The van der Waals surface area contributed by atoms with Crippen molar-refractivity contribution in [1.82, 2.24) is 15.0 Å². The molecule has 0 spiro atoms. The summed E-state index contributed by atoms with van der Waals surface area (Å²) in [7, 11) is 2.40. The second-order valence-corrected chi connectivity index (χ2v) is 2.39. The zero-order chi connectivity index (χ0) is 11.3. The smallest absolute Gasteiger partial charge is 0.357 e. The predicted octanol–water partition coefficient (Wildman–Crippen LogP) is -0.535. The first-order chi connectivity index (χ1) is 7.19. The Morgan fingerprint density at radius 1 is 1.33 bits per heavy atom. The van der Waals surface area contributed by atoms with E-state index < -0.39 is 11.9 Å². The molecule has 0 aliphatic heterocycles. The zero-order valence-corrected chi connectivity index (χ0v) is 8.21. The Hall–Kier alpha value is -2.18. The van der Waals surface area contributed by atoms with E-state index >= 15 is 0 Å². The molecule has 7 heteroatoms. The largest absolute Gasteiger partial charge is 0.466 e. The summed E-state index contributed by atoms with van der Waals surface area (Å²) in [5.74, 6) is -1.38. The van der Waals surface area contributed by atoms with E-state index in [-0.39, 0.29) is 5.70 Å². The van der Waals surface area contributed by atoms with Crippen molar-refractivity contribution in [3.8, 4) is 0 Å². The molecule has 0 aliphatic carbocycles. The summed E-state index contributed by atoms with van der Waals surface area (Å²) in [6.45, 7) is 0. The van der Waals surface area contributed by atoms with Gasteiger partial charge in [-0.3, -0.25) is 0 Å². The van der Waals surface area contributed by atoms with Gasteiger partial charge in [0, 0.05) is 0 Å². The van der Waals surface area contributed by atoms with Gasteiger partial charge in [0.2, 0.25) is 0 Å². The number of hydrogen-bond donors (Lipinski definition) is 0. The molecule has 1 heterocycles. The molecule has 0 N–H and O–H groups in total. The summed E-state index contributed by atoms with van der Waals surface area (Å²) in [5.41, 5.74) is -0.0677. The summed E-state index contributed by atoms with van der Waals surface area (Å²) >= 11 is 0. The Balaban J connectivity index is 3.04. The number of rotatable bonds is 3. The number of carbonyl (C=O) groups excluding carboxylic acids is 2. The monoisotopic (exact) mass is 211 g/mol. The van der Waals surface area contributed by atoms with Crippen LogP contribution in [0.1, 0.15) is 0 Å². The molecule has 0 aromatic carbocycles. The van der Waals surface area contributed by atoms with Crippen molar-refractivity contribution < 1.29 is 19.1 Å². The Bertz CT molecular complexity index is 383. The van der Waals surface area contributed by atoms with Crippen molar-refractivity contribution in [2.24, 2.45) is 0 Å². The van der Waals surface area contributed by atoms with Crippen LogP contribution in [0.3, 0.4) is 0 Å². The maximum absolute atomic E-state index is 11.3. The Morgan fingerprint density at radius 3 is 2.53 bits per heavy atom. The van der Waals surface area contributed by atoms with Crippen molar-refractivity contribution in [3.05, 3.63) is 18.5 Å². The van der Waals surface area contributed by atoms with Gasteiger partial charge in [0.05, 0.1) is 32.7 Å². The number of ether oxygens (including phenoxy) is 2. The molecule has 0 aliphatic rings. The Labute approximate surface area is 85.3 Å². The molecular formula is C8H9N3O4. The molecule has 15 heavy (non-hydrogen) atoms. The van der Waals surface area contributed by atoms with E-state index in [0.717, 1.165) is 10.8 Å². The molecule has 1 rings (SSSR count). The van der Waals surface area contributed by atoms with Gasteiger partial charge in [-0.1, -0.05) is 5.21 Å². The van der Waals surface area contributed by atoms with Crippen LogP contribution in [-0.4, -0.2) is 41.2 Å². The molecule has 80 valence electrons. The lowest BCUT2D eigenvalue weighted by molar-refractivity contribution is -0.137. The average Bonchev–Trinajstić information content (AvgIpc) is 2.77. The molecule has 0 fully saturated rings. The Morgan fingerprint density at radius 2 is 2.07 bits per heavy atom. The summed E-state index contributed by atoms with van der Waals surface area (Å²) in [6.07, 6.45) is 3.75. The van der Waals surface area contributed by atoms with Crippen molar-refractivity contribution in [2.45, 2.75) is 0 Å². The molecule has 0 saturated carbocycles. The summed E-state index contributed by atoms with van der Waals surface area (Å²) in [4.78, 5) is 22.2. The average molecular weight is 211 g/mol. The number of aromatic nitrogens is 3. The van der Waals surface area contributed by atoms with Crippen molar-refractivity contribution in [1.29, 1.82) is 0 Å². The fourth-order valence-corrected chi connectivity index (χ4v) is 0.830. The predicted molar refractivity (Wildman–Crippen MR) is 48.3 cm³/mol. The van der Waals surface area contributed by atoms with Crippen LogP contribution in [0.25, 0.3) is 5.70 Å². The van der Waals surface area contributed by atoms with Crippen LogP contribution in [0.15, 0.2) is 18.5 Å². The number of nitrogens with zero attached hydrogens (tertiary/aromatic N) is 3. The van der Waals surface area contributed by atoms with Gasteiger partial charge < -0.3 is 9.47 Å². The first-order valence-corrected chi connectivity index (χ1v) is 3.93. The van der Waals surface area contributed by atoms with Gasteiger partial charge in [-0.05, 0) is 0 Å². The molecule has 0 radical (unpaired) electrons. The Kier molecular flexibility index (Phi) is 3.55. The van der Waals surface area contributed by atoms with Crippen LogP contribution in [0, 0.1) is 0 Å². The number of carbonyl (C=O) groups is 2. The molecule has 0 atom stereocenters. The first-order valence-electron chi connectivity index (χ1n) is 3.93. The van der Waals surface area contributed by atoms with Crippen molar-refractivity contribution >= 4 is 17.6 Å². The highest BCUT2D eigenvalue weighted by Crippen LogP contribution is 2.04. The molecular weight excluding hydrogens is 202 g/mol. The quantitative estimate of drug-likeness (QED) is 0.493. The van der Waals surface area contributed by atoms with Crippen LogP contribution in [0.2, 0.25) is 0 Å². The maximum atomic E-state index is 11.3. The molecule has 0 bridgehead atoms. The number of hydrogen-bond acceptors (Lipinski definition) is 6. The van der Waals surface area contributed by atoms with E-state index in [2.05, 4.69) is 19.8 Å². The van der Waals surface area contributed by atoms with Crippen LogP contribution in [0.4, 0.5) is 0 Å². The van der Waals surface area contributed by atoms with Gasteiger partial charge in [-0.15, -0.1) is 5.10 Å². The standard InChI is InChI=1S/C8H9N3O4/c1-14-7(12)5-6(8(13)15-2)11-4-3-9-10-11/h3-5H,1-2H3/b6-5+. The van der Waals surface area contributed by atoms with Gasteiger partial charge >= 0.3 is 11.9 Å². The third-order valence-corrected chi connectivity index (χ3v) is 1.52. The topological polar surface area (TPSA) is 83.3 Å². The molecule has 0 saturated heterocycles. The van der Waals surface area contributed by atoms with Gasteiger partial charge in [0.15, 0.2) is 5.70 Å². The lowest BCUT2D eigenvalue weighted by atomic mass is 10.4. The second-order valence-electron chi connectivity index (χ2n) is 2.39. The lowest BCUT2D eigenvalue weighted by Crippen LogP contribution is -2.13. The number of methoxy groups -OCH3 is 2. The van der Waals surface area contributed by atoms with E-state index in [4.69, 9.17) is 0 Å². The zero-order valence-electron chi connectivity index (χ0n) is 8.21. The number of esters is 2. The third kappa shape index (κ3) is 2.63. The second kappa shape index (κ2) is 4.89. The van der Waals surface area contributed by atoms with Gasteiger partial charge in [0.25, 0.3) is 0 Å². The highest BCUT2D eigenvalue weighted by molar-refractivity contribution is 6.14. The van der Waals surface area contributed by atoms with E-state index in [1.54, 1.807) is 0 Å². The lowest BCUT2D eigenvalue weighted by Gasteiger charge is -2.03. The van der Waals surface area contributed by atoms with Gasteiger partial charge in [0.1, 0.15) is 0 Å². The van der Waals surface area contributed by atoms with Crippen LogP contribution < -0.4 is 0 Å². The highest BCUT2D eigenvalue weighted by atomic mass is 16.5. The minimum absolute atomic E-state index is 0.0677. The minimum Gasteiger partial charge on any atom is -0.466 e. The summed E-state index contributed by atoms with van der Waals surface area (Å²) in [5, 5.41) is 7.07. The molecule has 1 aromatic rings. The van der Waals surface area contributed by atoms with Gasteiger partial charge in [-0.2, -0.15) is 0 Å². The molecule has 0 unspecified atom stereocenters. The third-order valence-electron chi connectivity index (χ3n) is 1.52. The molecule has 0 amide bonds. The minimum atomic E-state index is -0.703. The maximum Gasteiger partial charge on any atom is 0.357 e. The fraction of sp³-hybridized carbons (Fsp3) is 0.250. The van der Waals surface area contributed by atoms with Crippen molar-refractivity contribution in [2.75, 3.05) is 14.2 Å². The van der Waals surface area contributed by atoms with Crippen LogP contribution in [0.5, 0.6) is 0 Å². The fourth-order valence-electron chi connectivity index (χ4n) is 0.830. The first kappa shape index (κ1) is 10.9. The van der Waals surface area contributed by atoms with E-state index in [1.807, 2.05) is 0 Å². The SMILES string of the molecule is COC(=O)/C=C(\C(=O)OC)n1ccnn1. The van der Waals surface area contributed by atoms with E-state index in [9.17, 15) is 9.59 Å². The van der Waals surface area contributed by atoms with Crippen molar-refractivity contribution in [3.63, 3.8) is 0 Å². The normalized spacial score (nSPS) is 10.9. The van der Waals surface area contributed by atoms with Gasteiger partial charge in [-0.25, -0.2) is 14.3 Å². The molecule has 1 aromatic heterocycles. The highest BCUT2D eigenvalue weighted by Gasteiger charge is 2.14. The van der Waals surface area contributed by atoms with Crippen LogP contribution >= 0.6 is 0 Å². The van der Waals surface area contributed by atoms with Crippen LogP contribution in [-0.2, 0) is 19.1 Å². The summed E-state index contributed by atoms with van der Waals surface area (Å²) < 4.78 is 9.98. The van der Waals surface area contributed by atoms with E-state index in [1.165, 1.54) is 26.6 Å². The molecule has 7 nitrogen and oxygen atoms in total.